The van der Waals surface area contributed by atoms with Gasteiger partial charge in [-0.05, 0) is 12.1 Å². The molecule has 0 bridgehead atoms. The number of anilines is 1. The van der Waals surface area contributed by atoms with Gasteiger partial charge in [-0.25, -0.2) is 9.97 Å². The summed E-state index contributed by atoms with van der Waals surface area (Å²) in [5.74, 6) is -0.181. The molecule has 8 heteroatoms. The minimum absolute atomic E-state index is 0.261. The van der Waals surface area contributed by atoms with Crippen LogP contribution in [0.25, 0.3) is 11.2 Å². The largest absolute Gasteiger partial charge is 0.368 e. The van der Waals surface area contributed by atoms with Gasteiger partial charge in [0.2, 0.25) is 11.9 Å². The molecule has 0 spiro atoms. The zero-order chi connectivity index (χ0) is 13.7. The molecule has 3 rings (SSSR count). The number of nitrogen functional groups attached to an aromatic ring is 1. The Bertz CT molecular complexity index is 680. The molecule has 0 saturated heterocycles. The fourth-order valence-corrected chi connectivity index (χ4v) is 1.26. The van der Waals surface area contributed by atoms with E-state index >= 15 is 0 Å². The van der Waals surface area contributed by atoms with Crippen LogP contribution in [0, 0.1) is 0 Å². The van der Waals surface area contributed by atoms with Crippen molar-refractivity contribution in [1.82, 2.24) is 24.9 Å². The third kappa shape index (κ3) is 3.22. The number of aromatic nitrogens is 5. The Morgan fingerprint density at radius 3 is 2.74 bits per heavy atom. The van der Waals surface area contributed by atoms with Crippen LogP contribution in [-0.2, 0) is 0 Å². The fraction of sp³-hybridized carbons (Fsp3) is 0. The maximum atomic E-state index is 10.4. The number of hydrogen-bond donors (Lipinski definition) is 3. The van der Waals surface area contributed by atoms with Gasteiger partial charge < -0.3 is 16.5 Å². The zero-order valence-corrected chi connectivity index (χ0v) is 9.82. The molecule has 0 radical (unpaired) electrons. The Hall–Kier alpha value is -3.03. The van der Waals surface area contributed by atoms with E-state index in [-0.39, 0.29) is 5.95 Å². The molecular formula is C11H11N7O. The summed E-state index contributed by atoms with van der Waals surface area (Å²) in [5.41, 5.74) is 12.1. The molecule has 0 saturated carbocycles. The average molecular weight is 257 g/mol. The first-order valence-corrected chi connectivity index (χ1v) is 5.28. The number of nitrogens with zero attached hydrogens (tertiary/aromatic N) is 4. The van der Waals surface area contributed by atoms with Crippen molar-refractivity contribution < 1.29 is 4.79 Å². The summed E-state index contributed by atoms with van der Waals surface area (Å²) in [5, 5.41) is 0. The molecule has 0 fully saturated rings. The van der Waals surface area contributed by atoms with Crippen LogP contribution in [0.4, 0.5) is 5.95 Å². The van der Waals surface area contributed by atoms with Gasteiger partial charge in [0.05, 0.1) is 18.1 Å². The second-order valence-electron chi connectivity index (χ2n) is 3.47. The third-order valence-electron chi connectivity index (χ3n) is 2.14. The van der Waals surface area contributed by atoms with Crippen LogP contribution in [0.5, 0.6) is 0 Å². The number of primary amides is 1. The molecule has 3 aromatic heterocycles. The number of carbonyl (C=O) groups is 1. The zero-order valence-electron chi connectivity index (χ0n) is 9.82. The molecular weight excluding hydrogens is 246 g/mol. The Kier molecular flexibility index (Phi) is 3.62. The molecule has 0 aliphatic heterocycles. The van der Waals surface area contributed by atoms with Crippen molar-refractivity contribution in [3.8, 4) is 0 Å². The van der Waals surface area contributed by atoms with Gasteiger partial charge in [0, 0.05) is 12.4 Å². The summed E-state index contributed by atoms with van der Waals surface area (Å²) in [6, 6.07) is 3.29. The van der Waals surface area contributed by atoms with Gasteiger partial charge in [0.1, 0.15) is 5.52 Å². The fourth-order valence-electron chi connectivity index (χ4n) is 1.26. The number of rotatable bonds is 1. The number of pyridine rings is 1. The Labute approximate surface area is 107 Å². The Morgan fingerprint density at radius 1 is 1.26 bits per heavy atom. The van der Waals surface area contributed by atoms with Crippen molar-refractivity contribution in [3.05, 3.63) is 42.6 Å². The second-order valence-corrected chi connectivity index (χ2v) is 3.47. The lowest BCUT2D eigenvalue weighted by atomic mass is 10.3. The van der Waals surface area contributed by atoms with Crippen LogP contribution in [0.2, 0.25) is 0 Å². The minimum atomic E-state index is -0.442. The van der Waals surface area contributed by atoms with Crippen molar-refractivity contribution in [2.24, 2.45) is 5.73 Å². The van der Waals surface area contributed by atoms with E-state index in [9.17, 15) is 4.79 Å². The first-order valence-electron chi connectivity index (χ1n) is 5.28. The number of amides is 1. The van der Waals surface area contributed by atoms with Gasteiger partial charge in [0.25, 0.3) is 0 Å². The summed E-state index contributed by atoms with van der Waals surface area (Å²) in [6.07, 6.45) is 6.15. The van der Waals surface area contributed by atoms with E-state index in [0.717, 1.165) is 5.52 Å². The van der Waals surface area contributed by atoms with Crippen molar-refractivity contribution >= 4 is 23.0 Å². The Morgan fingerprint density at radius 2 is 2.11 bits per heavy atom. The predicted octanol–water partition coefficient (Wildman–Crippen LogP) is 0.116. The summed E-state index contributed by atoms with van der Waals surface area (Å²) >= 11 is 0. The molecule has 96 valence electrons. The van der Waals surface area contributed by atoms with E-state index in [2.05, 4.69) is 24.9 Å². The summed E-state index contributed by atoms with van der Waals surface area (Å²) in [4.78, 5) is 28.5. The number of fused-ring (bicyclic) bond motifs is 1. The molecule has 3 aromatic rings. The van der Waals surface area contributed by atoms with Gasteiger partial charge in [0.15, 0.2) is 5.65 Å². The molecule has 0 atom stereocenters. The van der Waals surface area contributed by atoms with Crippen molar-refractivity contribution in [2.45, 2.75) is 0 Å². The van der Waals surface area contributed by atoms with E-state index in [1.165, 1.54) is 6.20 Å². The monoisotopic (exact) mass is 257 g/mol. The van der Waals surface area contributed by atoms with E-state index in [1.54, 1.807) is 30.9 Å². The highest BCUT2D eigenvalue weighted by Crippen LogP contribution is 2.03. The molecule has 0 aliphatic rings. The highest BCUT2D eigenvalue weighted by atomic mass is 16.1. The number of aromatic amines is 1. The van der Waals surface area contributed by atoms with Crippen LogP contribution in [0.15, 0.2) is 37.1 Å². The minimum Gasteiger partial charge on any atom is -0.368 e. The van der Waals surface area contributed by atoms with Crippen LogP contribution in [0.3, 0.4) is 0 Å². The van der Waals surface area contributed by atoms with Crippen molar-refractivity contribution in [2.75, 3.05) is 5.73 Å². The number of nitrogens with two attached hydrogens (primary N) is 2. The quantitative estimate of drug-likeness (QED) is 0.566. The number of H-pyrrole nitrogens is 1. The van der Waals surface area contributed by atoms with Crippen molar-refractivity contribution in [1.29, 1.82) is 0 Å². The SMILES string of the molecule is NC(=O)c1cccnc1.Nc1ncc2nc[nH]c2n1. The average Bonchev–Trinajstić information content (AvgIpc) is 2.87. The lowest BCUT2D eigenvalue weighted by molar-refractivity contribution is 0.1000. The van der Waals surface area contributed by atoms with E-state index < -0.39 is 5.91 Å². The van der Waals surface area contributed by atoms with Crippen LogP contribution in [-0.4, -0.2) is 30.8 Å². The molecule has 1 amide bonds. The number of hydrogen-bond acceptors (Lipinski definition) is 6. The molecule has 8 nitrogen and oxygen atoms in total. The lowest BCUT2D eigenvalue weighted by Gasteiger charge is -1.88. The van der Waals surface area contributed by atoms with Crippen LogP contribution in [0.1, 0.15) is 10.4 Å². The number of carbonyl (C=O) groups excluding carboxylic acids is 1. The maximum absolute atomic E-state index is 10.4. The molecule has 0 aromatic carbocycles. The van der Waals surface area contributed by atoms with E-state index in [4.69, 9.17) is 11.5 Å². The first kappa shape index (κ1) is 12.4. The lowest BCUT2D eigenvalue weighted by Crippen LogP contribution is -2.10. The van der Waals surface area contributed by atoms with Gasteiger partial charge in [-0.1, -0.05) is 0 Å². The van der Waals surface area contributed by atoms with E-state index in [0.29, 0.717) is 11.2 Å². The highest BCUT2D eigenvalue weighted by molar-refractivity contribution is 5.92. The first-order chi connectivity index (χ1) is 9.16. The third-order valence-corrected chi connectivity index (χ3v) is 2.14. The maximum Gasteiger partial charge on any atom is 0.250 e. The summed E-state index contributed by atoms with van der Waals surface area (Å²) in [7, 11) is 0. The molecule has 0 aliphatic carbocycles. The van der Waals surface area contributed by atoms with E-state index in [1.807, 2.05) is 0 Å². The van der Waals surface area contributed by atoms with Gasteiger partial charge in [-0.3, -0.25) is 9.78 Å². The Balaban J connectivity index is 0.000000141. The second kappa shape index (κ2) is 5.54. The smallest absolute Gasteiger partial charge is 0.250 e. The van der Waals surface area contributed by atoms with Gasteiger partial charge in [-0.15, -0.1) is 0 Å². The standard InChI is InChI=1S/C6H6N2O.C5H5N5/c7-6(9)5-2-1-3-8-4-5;6-5-7-1-3-4(10-5)9-2-8-3/h1-4H,(H2,7,9);1-2H,(H3,6,7,8,9,10). The number of imidazole rings is 1. The molecule has 5 N–H and O–H groups in total. The van der Waals surface area contributed by atoms with Gasteiger partial charge >= 0.3 is 0 Å². The summed E-state index contributed by atoms with van der Waals surface area (Å²) < 4.78 is 0. The molecule has 3 heterocycles. The van der Waals surface area contributed by atoms with Gasteiger partial charge in [-0.2, -0.15) is 4.98 Å². The van der Waals surface area contributed by atoms with Crippen molar-refractivity contribution in [3.63, 3.8) is 0 Å². The molecule has 0 unspecified atom stereocenters. The number of nitrogens with one attached hydrogen (secondary N) is 1. The highest BCUT2D eigenvalue weighted by Gasteiger charge is 1.96. The normalized spacial score (nSPS) is 9.68. The molecule has 19 heavy (non-hydrogen) atoms. The van der Waals surface area contributed by atoms with Crippen LogP contribution < -0.4 is 11.5 Å². The van der Waals surface area contributed by atoms with Crippen LogP contribution >= 0.6 is 0 Å². The summed E-state index contributed by atoms with van der Waals surface area (Å²) in [6.45, 7) is 0. The topological polar surface area (TPSA) is 136 Å². The predicted molar refractivity (Wildman–Crippen MR) is 68.9 cm³/mol.